The van der Waals surface area contributed by atoms with E-state index in [0.717, 1.165) is 0 Å². The Morgan fingerprint density at radius 1 is 1.46 bits per heavy atom. The molecule has 66 valence electrons. The number of fused-ring (bicyclic) bond motifs is 1. The number of methoxy groups -OCH3 is 1. The molecule has 0 fully saturated rings. The van der Waals surface area contributed by atoms with E-state index in [4.69, 9.17) is 6.17 Å². The van der Waals surface area contributed by atoms with E-state index in [1.807, 2.05) is 0 Å². The molecular formula is C9H8N2O2. The zero-order valence-corrected chi connectivity index (χ0v) is 7.02. The number of hydrogen-bond donors (Lipinski definition) is 1. The molecule has 0 aliphatic carbocycles. The fourth-order valence-corrected chi connectivity index (χ4v) is 1.10. The van der Waals surface area contributed by atoms with Gasteiger partial charge >= 0.3 is 0 Å². The van der Waals surface area contributed by atoms with Gasteiger partial charge in [0.1, 0.15) is 11.3 Å². The summed E-state index contributed by atoms with van der Waals surface area (Å²) < 4.78 is 11.8. The first-order valence-corrected chi connectivity index (χ1v) is 3.78. The Labute approximate surface area is 76.3 Å². The Balaban J connectivity index is 2.70. The first-order chi connectivity index (χ1) is 6.85. The molecule has 0 saturated heterocycles. The minimum absolute atomic E-state index is 0.369. The summed E-state index contributed by atoms with van der Waals surface area (Å²) in [7, 11) is 1.53. The maximum absolute atomic E-state index is 6.84. The van der Waals surface area contributed by atoms with Crippen LogP contribution in [0.3, 0.4) is 0 Å². The molecule has 0 amide bonds. The van der Waals surface area contributed by atoms with Crippen LogP contribution in [0.15, 0.2) is 24.4 Å². The largest absolute Gasteiger partial charge is 0.506 e. The van der Waals surface area contributed by atoms with E-state index < -0.39 is 0 Å². The van der Waals surface area contributed by atoms with Crippen LogP contribution < -0.4 is 4.74 Å². The highest BCUT2D eigenvalue weighted by molar-refractivity contribution is 5.80. The molecule has 0 bridgehead atoms. The van der Waals surface area contributed by atoms with Crippen LogP contribution in [0.2, 0.25) is 0 Å². The highest BCUT2D eigenvalue weighted by Crippen LogP contribution is 2.22. The fourth-order valence-electron chi connectivity index (χ4n) is 1.10. The molecule has 2 aromatic heterocycles. The summed E-state index contributed by atoms with van der Waals surface area (Å²) in [5.74, 6) is 0.845. The molecule has 0 aliphatic heterocycles. The number of ether oxygens (including phenoxy) is 1. The zero-order valence-electron chi connectivity index (χ0n) is 8.02. The second kappa shape index (κ2) is 2.90. The van der Waals surface area contributed by atoms with E-state index in [1.54, 1.807) is 24.4 Å². The summed E-state index contributed by atoms with van der Waals surface area (Å²) in [5, 5.41) is 4.42. The van der Waals surface area contributed by atoms with E-state index in [0.29, 0.717) is 22.7 Å². The molecule has 2 rings (SSSR count). The predicted octanol–water partition coefficient (Wildman–Crippen LogP) is 1.34. The van der Waals surface area contributed by atoms with E-state index in [-0.39, 0.29) is 0 Å². The van der Waals surface area contributed by atoms with Crippen molar-refractivity contribution in [3.8, 4) is 11.6 Å². The molecule has 4 heteroatoms. The lowest BCUT2D eigenvalue weighted by molar-refractivity contribution is 0.398. The second-order valence-corrected chi connectivity index (χ2v) is 2.53. The van der Waals surface area contributed by atoms with Crippen molar-refractivity contribution in [2.75, 3.05) is 7.11 Å². The number of pyridine rings is 2. The van der Waals surface area contributed by atoms with Crippen LogP contribution in [-0.2, 0) is 0 Å². The predicted molar refractivity (Wildman–Crippen MR) is 47.8 cm³/mol. The zero-order chi connectivity index (χ0) is 9.97. The third-order valence-electron chi connectivity index (χ3n) is 1.73. The minimum atomic E-state index is 0.369. The van der Waals surface area contributed by atoms with Crippen LogP contribution in [0, 0.1) is 0 Å². The van der Waals surface area contributed by atoms with Crippen LogP contribution in [0.4, 0.5) is 0 Å². The van der Waals surface area contributed by atoms with E-state index >= 15 is 0 Å². The monoisotopic (exact) mass is 178 g/mol. The van der Waals surface area contributed by atoms with E-state index in [1.165, 1.54) is 7.11 Å². The van der Waals surface area contributed by atoms with E-state index in [2.05, 4.69) is 15.1 Å². The van der Waals surface area contributed by atoms with Crippen molar-refractivity contribution in [1.29, 1.82) is 1.43 Å². The van der Waals surface area contributed by atoms with Gasteiger partial charge in [-0.1, -0.05) is 0 Å². The second-order valence-electron chi connectivity index (χ2n) is 2.53. The van der Waals surface area contributed by atoms with Gasteiger partial charge in [-0.3, -0.25) is 4.98 Å². The van der Waals surface area contributed by atoms with Gasteiger partial charge in [0.15, 0.2) is 0 Å². The molecule has 0 atom stereocenters. The topological polar surface area (TPSA) is 55.2 Å². The normalized spacial score (nSPS) is 11.0. The van der Waals surface area contributed by atoms with Gasteiger partial charge in [0.25, 0.3) is 1.43 Å². The maximum atomic E-state index is 6.84. The highest BCUT2D eigenvalue weighted by atomic mass is 16.5. The van der Waals surface area contributed by atoms with Gasteiger partial charge in [-0.05, 0) is 6.07 Å². The minimum Gasteiger partial charge on any atom is -0.506 e. The average molecular weight is 178 g/mol. The Bertz CT molecular complexity index is 462. The van der Waals surface area contributed by atoms with Crippen LogP contribution in [0.5, 0.6) is 11.6 Å². The van der Waals surface area contributed by atoms with Gasteiger partial charge in [0.05, 0.1) is 12.6 Å². The van der Waals surface area contributed by atoms with Gasteiger partial charge in [0.2, 0.25) is 5.88 Å². The number of aromatic hydroxyl groups is 1. The Morgan fingerprint density at radius 2 is 2.38 bits per heavy atom. The van der Waals surface area contributed by atoms with Crippen molar-refractivity contribution in [1.82, 2.24) is 9.97 Å². The fraction of sp³-hybridized carbons (Fsp3) is 0.111. The average Bonchev–Trinajstić information content (AvgIpc) is 2.27. The summed E-state index contributed by atoms with van der Waals surface area (Å²) in [4.78, 5) is 8.22. The van der Waals surface area contributed by atoms with Gasteiger partial charge < -0.3 is 9.85 Å². The Kier molecular flexibility index (Phi) is 1.48. The molecule has 4 nitrogen and oxygen atoms in total. The number of nitrogens with zero attached hydrogens (tertiary/aromatic N) is 2. The van der Waals surface area contributed by atoms with Crippen molar-refractivity contribution in [2.45, 2.75) is 0 Å². The first-order valence-electron chi connectivity index (χ1n) is 4.19. The quantitative estimate of drug-likeness (QED) is 0.754. The lowest BCUT2D eigenvalue weighted by Gasteiger charge is -2.01. The summed E-state index contributed by atoms with van der Waals surface area (Å²) in [6.07, 6.45) is 1.57. The van der Waals surface area contributed by atoms with Crippen molar-refractivity contribution < 1.29 is 9.85 Å². The van der Waals surface area contributed by atoms with Gasteiger partial charge in [-0.25, -0.2) is 4.98 Å². The van der Waals surface area contributed by atoms with Crippen molar-refractivity contribution in [3.63, 3.8) is 0 Å². The van der Waals surface area contributed by atoms with Crippen LogP contribution >= 0.6 is 0 Å². The summed E-state index contributed by atoms with van der Waals surface area (Å²) in [6.45, 7) is 0. The van der Waals surface area contributed by atoms with Gasteiger partial charge in [-0.15, -0.1) is 0 Å². The smallest absolute Gasteiger partial charge is 0.293 e. The van der Waals surface area contributed by atoms with Gasteiger partial charge in [-0.2, -0.15) is 0 Å². The SMILES string of the molecule is [3H]Oc1ccnc2ccc(OC)nc12. The molecule has 0 unspecified atom stereocenters. The number of aromatic nitrogens is 2. The number of rotatable bonds is 2. The Morgan fingerprint density at radius 3 is 3.15 bits per heavy atom. The molecule has 1 N–H and O–H groups in total. The van der Waals surface area contributed by atoms with Gasteiger partial charge in [0, 0.05) is 18.3 Å². The van der Waals surface area contributed by atoms with Crippen molar-refractivity contribution in [3.05, 3.63) is 24.4 Å². The van der Waals surface area contributed by atoms with Crippen LogP contribution in [-0.4, -0.2) is 23.6 Å². The first kappa shape index (κ1) is 6.65. The number of hydrogen-bond acceptors (Lipinski definition) is 4. The molecule has 0 aromatic carbocycles. The molecular weight excluding hydrogens is 168 g/mol. The molecule has 0 spiro atoms. The summed E-state index contributed by atoms with van der Waals surface area (Å²) in [6, 6.07) is 5.06. The summed E-state index contributed by atoms with van der Waals surface area (Å²) in [5.41, 5.74) is 1.21. The Hall–Kier alpha value is -1.84. The third-order valence-corrected chi connectivity index (χ3v) is 1.73. The lowest BCUT2D eigenvalue weighted by Crippen LogP contribution is -1.89. The molecule has 2 aromatic rings. The maximum Gasteiger partial charge on any atom is 0.293 e. The standard InChI is InChI=1S/C9H8N2O2/c1-13-8-3-2-6-9(11-8)7(12)4-5-10-6/h2-5H,1H3,(H,10,12)/i/hT. The third kappa shape index (κ3) is 1.26. The lowest BCUT2D eigenvalue weighted by atomic mass is 10.3. The molecule has 2 heterocycles. The molecule has 0 saturated carbocycles. The van der Waals surface area contributed by atoms with Crippen molar-refractivity contribution >= 4 is 11.0 Å². The molecule has 13 heavy (non-hydrogen) atoms. The summed E-state index contributed by atoms with van der Waals surface area (Å²) >= 11 is 0. The molecule has 0 radical (unpaired) electrons. The van der Waals surface area contributed by atoms with Crippen molar-refractivity contribution in [2.24, 2.45) is 0 Å². The van der Waals surface area contributed by atoms with E-state index in [9.17, 15) is 0 Å². The van der Waals surface area contributed by atoms with Crippen LogP contribution in [0.25, 0.3) is 11.0 Å². The molecule has 0 aliphatic rings. The highest BCUT2D eigenvalue weighted by Gasteiger charge is 2.02. The van der Waals surface area contributed by atoms with Crippen LogP contribution in [0.1, 0.15) is 0 Å².